The van der Waals surface area contributed by atoms with Crippen molar-refractivity contribution in [2.75, 3.05) is 0 Å². The summed E-state index contributed by atoms with van der Waals surface area (Å²) in [6.07, 6.45) is 0. The molecular formula is C49H33N5O. The molecule has 0 atom stereocenters. The Balaban J connectivity index is 1.29. The second kappa shape index (κ2) is 13.1. The molecule has 0 spiro atoms. The van der Waals surface area contributed by atoms with Gasteiger partial charge in [0.05, 0.1) is 22.1 Å². The Morgan fingerprint density at radius 2 is 0.964 bits per heavy atom. The van der Waals surface area contributed by atoms with E-state index in [9.17, 15) is 0 Å². The van der Waals surface area contributed by atoms with Crippen molar-refractivity contribution in [3.8, 4) is 45.5 Å². The smallest absolute Gasteiger partial charge is 0.238 e. The van der Waals surface area contributed by atoms with Crippen LogP contribution in [0.3, 0.4) is 0 Å². The van der Waals surface area contributed by atoms with Crippen LogP contribution in [0.25, 0.3) is 102 Å². The van der Waals surface area contributed by atoms with Gasteiger partial charge in [-0.2, -0.15) is 9.97 Å². The summed E-state index contributed by atoms with van der Waals surface area (Å²) in [5.41, 5.74) is 8.78. The lowest BCUT2D eigenvalue weighted by Gasteiger charge is -2.12. The Hall–Kier alpha value is -7.57. The number of fused-ring (bicyclic) bond motifs is 6. The van der Waals surface area contributed by atoms with Crippen molar-refractivity contribution in [3.63, 3.8) is 0 Å². The fourth-order valence-corrected chi connectivity index (χ4v) is 7.71. The molecule has 0 fully saturated rings. The summed E-state index contributed by atoms with van der Waals surface area (Å²) in [4.78, 5) is 15.3. The van der Waals surface area contributed by atoms with E-state index in [1.165, 1.54) is 21.9 Å². The highest BCUT2D eigenvalue weighted by Crippen LogP contribution is 2.43. The molecule has 0 bridgehead atoms. The van der Waals surface area contributed by atoms with Crippen LogP contribution in [0, 0.1) is 0 Å². The van der Waals surface area contributed by atoms with Gasteiger partial charge in [-0.1, -0.05) is 147 Å². The normalized spacial score (nSPS) is 11.4. The van der Waals surface area contributed by atoms with Crippen LogP contribution in [0.2, 0.25) is 0 Å². The second-order valence-electron chi connectivity index (χ2n) is 13.4. The lowest BCUT2D eigenvalue weighted by molar-refractivity contribution is 0.669. The molecule has 0 N–H and O–H groups in total. The molecule has 10 aromatic rings. The zero-order valence-corrected chi connectivity index (χ0v) is 29.8. The summed E-state index contributed by atoms with van der Waals surface area (Å²) in [6, 6.07) is 59.7. The van der Waals surface area contributed by atoms with E-state index in [-0.39, 0.29) is 0 Å². The molecule has 0 radical (unpaired) electrons. The lowest BCUT2D eigenvalue weighted by Crippen LogP contribution is -2.29. The summed E-state index contributed by atoms with van der Waals surface area (Å²) < 4.78 is 10.9. The molecule has 6 nitrogen and oxygen atoms in total. The van der Waals surface area contributed by atoms with Crippen LogP contribution in [-0.4, -0.2) is 24.1 Å². The lowest BCUT2D eigenvalue weighted by atomic mass is 9.99. The van der Waals surface area contributed by atoms with Gasteiger partial charge in [0.1, 0.15) is 11.2 Å². The topological polar surface area (TPSA) is 61.7 Å². The van der Waals surface area contributed by atoms with Crippen LogP contribution in [0.15, 0.2) is 180 Å². The fraction of sp³-hybridized carbons (Fsp3) is 0. The molecule has 260 valence electrons. The number of para-hydroxylation sites is 1. The van der Waals surface area contributed by atoms with Crippen molar-refractivity contribution in [1.82, 2.24) is 24.1 Å². The maximum atomic E-state index is 6.66. The monoisotopic (exact) mass is 707 g/mol. The number of furan rings is 1. The molecule has 0 unspecified atom stereocenters. The van der Waals surface area contributed by atoms with Gasteiger partial charge in [-0.3, -0.25) is 4.57 Å². The SMILES string of the molecule is C=c1ccccccc(=C)n1-c1nc(-c2ccccc2)nc(-c2cccc3oc4cccc(-n5c6ccccc6c6c(-c7ccccc7)cccc65)c4c23)n1. The van der Waals surface area contributed by atoms with Crippen LogP contribution < -0.4 is 10.7 Å². The molecule has 0 saturated heterocycles. The Bertz CT molecular complexity index is 3210. The van der Waals surface area contributed by atoms with Gasteiger partial charge in [0.25, 0.3) is 0 Å². The van der Waals surface area contributed by atoms with E-state index in [0.29, 0.717) is 28.3 Å². The summed E-state index contributed by atoms with van der Waals surface area (Å²) in [7, 11) is 0. The average molecular weight is 708 g/mol. The molecule has 4 heterocycles. The van der Waals surface area contributed by atoms with Crippen molar-refractivity contribution in [2.45, 2.75) is 0 Å². The largest absolute Gasteiger partial charge is 0.456 e. The number of hydrogen-bond donors (Lipinski definition) is 0. The van der Waals surface area contributed by atoms with Gasteiger partial charge < -0.3 is 8.98 Å². The number of hydrogen-bond acceptors (Lipinski definition) is 4. The second-order valence-corrected chi connectivity index (χ2v) is 13.4. The van der Waals surface area contributed by atoms with Crippen LogP contribution >= 0.6 is 0 Å². The van der Waals surface area contributed by atoms with Crippen molar-refractivity contribution in [1.29, 1.82) is 0 Å². The Labute approximate surface area is 316 Å². The Morgan fingerprint density at radius 3 is 1.73 bits per heavy atom. The molecule has 0 aliphatic rings. The first kappa shape index (κ1) is 32.1. The summed E-state index contributed by atoms with van der Waals surface area (Å²) in [6.45, 7) is 8.72. The first-order valence-corrected chi connectivity index (χ1v) is 18.2. The van der Waals surface area contributed by atoms with E-state index in [4.69, 9.17) is 19.4 Å². The van der Waals surface area contributed by atoms with Gasteiger partial charge in [-0.25, -0.2) is 4.98 Å². The Kier molecular flexibility index (Phi) is 7.67. The zero-order valence-electron chi connectivity index (χ0n) is 29.8. The molecule has 0 saturated carbocycles. The van der Waals surface area contributed by atoms with Crippen molar-refractivity contribution in [2.24, 2.45) is 0 Å². The molecule has 6 heteroatoms. The maximum Gasteiger partial charge on any atom is 0.238 e. The van der Waals surface area contributed by atoms with E-state index < -0.39 is 0 Å². The molecule has 6 aromatic carbocycles. The van der Waals surface area contributed by atoms with Gasteiger partial charge >= 0.3 is 0 Å². The van der Waals surface area contributed by atoms with E-state index in [0.717, 1.165) is 49.8 Å². The van der Waals surface area contributed by atoms with Crippen LogP contribution in [-0.2, 0) is 0 Å². The molecule has 55 heavy (non-hydrogen) atoms. The third kappa shape index (κ3) is 5.39. The minimum atomic E-state index is 0.413. The van der Waals surface area contributed by atoms with Gasteiger partial charge in [0.2, 0.25) is 5.95 Å². The van der Waals surface area contributed by atoms with E-state index in [2.05, 4.69) is 109 Å². The first-order chi connectivity index (χ1) is 27.1. The minimum Gasteiger partial charge on any atom is -0.456 e. The fourth-order valence-electron chi connectivity index (χ4n) is 7.71. The third-order valence-electron chi connectivity index (χ3n) is 10.1. The number of rotatable bonds is 5. The maximum absolute atomic E-state index is 6.66. The molecule has 4 aromatic heterocycles. The van der Waals surface area contributed by atoms with Gasteiger partial charge in [0.15, 0.2) is 11.6 Å². The molecule has 10 rings (SSSR count). The predicted molar refractivity (Wildman–Crippen MR) is 225 cm³/mol. The third-order valence-corrected chi connectivity index (χ3v) is 10.1. The minimum absolute atomic E-state index is 0.413. The van der Waals surface area contributed by atoms with E-state index in [1.54, 1.807) is 0 Å². The summed E-state index contributed by atoms with van der Waals surface area (Å²) in [5.74, 6) is 1.45. The van der Waals surface area contributed by atoms with E-state index in [1.807, 2.05) is 89.5 Å². The summed E-state index contributed by atoms with van der Waals surface area (Å²) >= 11 is 0. The first-order valence-electron chi connectivity index (χ1n) is 18.2. The van der Waals surface area contributed by atoms with Crippen molar-refractivity contribution < 1.29 is 4.42 Å². The standard InChI is InChI=1S/C49H33N5O/c1-32-18-7-3-4-8-19-33(2)53(32)49-51-47(35-22-11-6-12-23-35)50-48(52-49)38-26-16-30-42-45(38)46-41(29-17-31-43(46)55-42)54-39-27-14-13-24-37(39)44-36(25-15-28-40(44)54)34-20-9-5-10-21-34/h3-31H,1-2H2. The zero-order chi connectivity index (χ0) is 36.9. The number of benzene rings is 6. The van der Waals surface area contributed by atoms with Crippen LogP contribution in [0.1, 0.15) is 0 Å². The summed E-state index contributed by atoms with van der Waals surface area (Å²) in [5, 5.41) is 5.62. The highest BCUT2D eigenvalue weighted by atomic mass is 16.3. The molecular weight excluding hydrogens is 675 g/mol. The quantitative estimate of drug-likeness (QED) is 0.179. The molecule has 0 aliphatic carbocycles. The van der Waals surface area contributed by atoms with Crippen LogP contribution in [0.4, 0.5) is 0 Å². The van der Waals surface area contributed by atoms with E-state index >= 15 is 0 Å². The van der Waals surface area contributed by atoms with Gasteiger partial charge in [0, 0.05) is 38.0 Å². The van der Waals surface area contributed by atoms with Gasteiger partial charge in [-0.15, -0.1) is 0 Å². The van der Waals surface area contributed by atoms with Crippen molar-refractivity contribution in [3.05, 3.63) is 187 Å². The number of aromatic nitrogens is 5. The highest BCUT2D eigenvalue weighted by Gasteiger charge is 2.23. The van der Waals surface area contributed by atoms with Gasteiger partial charge in [-0.05, 0) is 53.6 Å². The molecule has 0 amide bonds. The number of nitrogens with zero attached hydrogens (tertiary/aromatic N) is 5. The molecule has 0 aliphatic heterocycles. The predicted octanol–water partition coefficient (Wildman–Crippen LogP) is 10.6. The Morgan fingerprint density at radius 1 is 0.400 bits per heavy atom. The average Bonchev–Trinajstić information content (AvgIpc) is 3.81. The van der Waals surface area contributed by atoms with Crippen LogP contribution in [0.5, 0.6) is 0 Å². The highest BCUT2D eigenvalue weighted by molar-refractivity contribution is 6.19. The van der Waals surface area contributed by atoms with Crippen molar-refractivity contribution >= 4 is 56.9 Å².